The Labute approximate surface area is 209 Å². The van der Waals surface area contributed by atoms with Crippen molar-refractivity contribution in [1.82, 2.24) is 10.2 Å². The van der Waals surface area contributed by atoms with Gasteiger partial charge >= 0.3 is 0 Å². The number of nitrogens with one attached hydrogen (secondary N) is 1. The van der Waals surface area contributed by atoms with Gasteiger partial charge in [-0.05, 0) is 49.9 Å². The molecular weight excluding hydrogens is 466 g/mol. The summed E-state index contributed by atoms with van der Waals surface area (Å²) in [6.07, 6.45) is 3.36. The monoisotopic (exact) mass is 503 g/mol. The summed E-state index contributed by atoms with van der Waals surface area (Å²) in [4.78, 5) is 27.8. The van der Waals surface area contributed by atoms with Crippen LogP contribution in [0.4, 0.5) is 5.69 Å². The molecule has 2 rings (SSSR count). The molecule has 0 aliphatic heterocycles. The summed E-state index contributed by atoms with van der Waals surface area (Å²) in [7, 11) is -2.37. The number of hydrogen-bond donors (Lipinski definition) is 1. The molecule has 2 aromatic rings. The molecule has 1 atom stereocenters. The van der Waals surface area contributed by atoms with E-state index in [0.29, 0.717) is 18.7 Å². The first-order valence-electron chi connectivity index (χ1n) is 11.8. The summed E-state index contributed by atoms with van der Waals surface area (Å²) in [5.74, 6) is -0.387. The number of unbranched alkanes of at least 4 members (excludes halogenated alkanes) is 1. The lowest BCUT2D eigenvalue weighted by Crippen LogP contribution is -2.52. The largest absolute Gasteiger partial charge is 0.495 e. The summed E-state index contributed by atoms with van der Waals surface area (Å²) in [5, 5.41) is 2.87. The molecule has 0 bridgehead atoms. The number of benzene rings is 2. The number of carbonyl (C=O) groups excluding carboxylic acids is 2. The molecule has 8 nitrogen and oxygen atoms in total. The minimum Gasteiger partial charge on any atom is -0.495 e. The lowest BCUT2D eigenvalue weighted by atomic mass is 10.1. The predicted octanol–water partition coefficient (Wildman–Crippen LogP) is 3.15. The number of anilines is 1. The summed E-state index contributed by atoms with van der Waals surface area (Å²) in [5.41, 5.74) is 2.13. The first kappa shape index (κ1) is 28.2. The van der Waals surface area contributed by atoms with E-state index >= 15 is 0 Å². The van der Waals surface area contributed by atoms with Gasteiger partial charge in [-0.25, -0.2) is 8.42 Å². The highest BCUT2D eigenvalue weighted by Gasteiger charge is 2.30. The van der Waals surface area contributed by atoms with Crippen molar-refractivity contribution in [2.45, 2.75) is 46.1 Å². The third-order valence-electron chi connectivity index (χ3n) is 5.76. The zero-order valence-corrected chi connectivity index (χ0v) is 22.1. The molecule has 0 aliphatic carbocycles. The fraction of sp³-hybridized carbons (Fsp3) is 0.462. The van der Waals surface area contributed by atoms with Crippen LogP contribution < -0.4 is 14.4 Å². The lowest BCUT2D eigenvalue weighted by molar-refractivity contribution is -0.138. The smallest absolute Gasteiger partial charge is 0.244 e. The van der Waals surface area contributed by atoms with Gasteiger partial charge in [0, 0.05) is 13.1 Å². The van der Waals surface area contributed by atoms with Crippen LogP contribution in [0.5, 0.6) is 5.75 Å². The Kier molecular flexibility index (Phi) is 10.6. The van der Waals surface area contributed by atoms with Crippen LogP contribution in [0.1, 0.15) is 37.8 Å². The van der Waals surface area contributed by atoms with Gasteiger partial charge in [-0.2, -0.15) is 0 Å². The van der Waals surface area contributed by atoms with E-state index in [4.69, 9.17) is 4.74 Å². The van der Waals surface area contributed by atoms with Crippen molar-refractivity contribution in [3.63, 3.8) is 0 Å². The van der Waals surface area contributed by atoms with E-state index in [1.54, 1.807) is 25.1 Å². The minimum atomic E-state index is -3.82. The Morgan fingerprint density at radius 1 is 1.11 bits per heavy atom. The average Bonchev–Trinajstić information content (AvgIpc) is 2.82. The number of carbonyl (C=O) groups is 2. The van der Waals surface area contributed by atoms with Gasteiger partial charge in [0.2, 0.25) is 21.8 Å². The van der Waals surface area contributed by atoms with Crippen molar-refractivity contribution >= 4 is 27.5 Å². The molecule has 0 spiro atoms. The van der Waals surface area contributed by atoms with Gasteiger partial charge in [0.25, 0.3) is 0 Å². The molecular formula is C26H37N3O5S. The van der Waals surface area contributed by atoms with Crippen LogP contribution in [-0.2, 0) is 26.0 Å². The Balaban J connectivity index is 2.34. The van der Waals surface area contributed by atoms with Crippen molar-refractivity contribution in [3.05, 3.63) is 59.7 Å². The van der Waals surface area contributed by atoms with Crippen molar-refractivity contribution in [1.29, 1.82) is 0 Å². The number of aryl methyl sites for hydroxylation is 1. The predicted molar refractivity (Wildman–Crippen MR) is 139 cm³/mol. The maximum Gasteiger partial charge on any atom is 0.244 e. The second-order valence-electron chi connectivity index (χ2n) is 8.59. The molecule has 0 saturated carbocycles. The SMILES string of the molecule is CCCCNC(=O)C(C)N(CCc1ccccc1)C(=O)CN(c1cc(C)ccc1OC)S(C)(=O)=O. The highest BCUT2D eigenvalue weighted by molar-refractivity contribution is 7.92. The van der Waals surface area contributed by atoms with Crippen LogP contribution in [-0.4, -0.2) is 64.2 Å². The van der Waals surface area contributed by atoms with E-state index < -0.39 is 28.5 Å². The maximum atomic E-state index is 13.6. The zero-order chi connectivity index (χ0) is 26.0. The van der Waals surface area contributed by atoms with Gasteiger partial charge in [0.15, 0.2) is 0 Å². The number of amides is 2. The number of hydrogen-bond acceptors (Lipinski definition) is 5. The van der Waals surface area contributed by atoms with Gasteiger partial charge in [-0.1, -0.05) is 49.7 Å². The Morgan fingerprint density at radius 2 is 1.80 bits per heavy atom. The standard InChI is InChI=1S/C26H37N3O5S/c1-6-7-16-27-26(31)21(3)28(17-15-22-11-9-8-10-12-22)25(30)19-29(35(5,32)33)23-18-20(2)13-14-24(23)34-4/h8-14,18,21H,6-7,15-17,19H2,1-5H3,(H,27,31). The molecule has 0 radical (unpaired) electrons. The van der Waals surface area contributed by atoms with Crippen LogP contribution >= 0.6 is 0 Å². The maximum absolute atomic E-state index is 13.6. The topological polar surface area (TPSA) is 96.0 Å². The van der Waals surface area contributed by atoms with Crippen LogP contribution in [0.15, 0.2) is 48.5 Å². The van der Waals surface area contributed by atoms with E-state index in [9.17, 15) is 18.0 Å². The van der Waals surface area contributed by atoms with E-state index in [-0.39, 0.29) is 18.1 Å². The van der Waals surface area contributed by atoms with E-state index in [2.05, 4.69) is 5.32 Å². The zero-order valence-electron chi connectivity index (χ0n) is 21.3. The number of nitrogens with zero attached hydrogens (tertiary/aromatic N) is 2. The van der Waals surface area contributed by atoms with Crippen molar-refractivity contribution in [2.75, 3.05) is 37.3 Å². The van der Waals surface area contributed by atoms with Gasteiger partial charge in [0.05, 0.1) is 19.1 Å². The first-order chi connectivity index (χ1) is 16.6. The van der Waals surface area contributed by atoms with E-state index in [1.165, 1.54) is 12.0 Å². The second kappa shape index (κ2) is 13.1. The van der Waals surface area contributed by atoms with Gasteiger partial charge in [0.1, 0.15) is 18.3 Å². The van der Waals surface area contributed by atoms with E-state index in [0.717, 1.165) is 34.5 Å². The molecule has 0 fully saturated rings. The van der Waals surface area contributed by atoms with Gasteiger partial charge < -0.3 is 15.0 Å². The fourth-order valence-electron chi connectivity index (χ4n) is 3.70. The van der Waals surface area contributed by atoms with Gasteiger partial charge in [-0.3, -0.25) is 13.9 Å². The number of sulfonamides is 1. The normalized spacial score (nSPS) is 12.0. The summed E-state index contributed by atoms with van der Waals surface area (Å²) in [6.45, 7) is 5.89. The molecule has 2 amide bonds. The third kappa shape index (κ3) is 8.28. The molecule has 9 heteroatoms. The third-order valence-corrected chi connectivity index (χ3v) is 6.89. The molecule has 0 saturated heterocycles. The van der Waals surface area contributed by atoms with Crippen molar-refractivity contribution in [3.8, 4) is 5.75 Å². The molecule has 1 N–H and O–H groups in total. The first-order valence-corrected chi connectivity index (χ1v) is 13.7. The highest BCUT2D eigenvalue weighted by Crippen LogP contribution is 2.31. The Bertz CT molecular complexity index is 1090. The Morgan fingerprint density at radius 3 is 2.40 bits per heavy atom. The van der Waals surface area contributed by atoms with E-state index in [1.807, 2.05) is 44.2 Å². The van der Waals surface area contributed by atoms with Crippen LogP contribution in [0.3, 0.4) is 0 Å². The number of ether oxygens (including phenoxy) is 1. The van der Waals surface area contributed by atoms with Crippen LogP contribution in [0, 0.1) is 6.92 Å². The molecule has 2 aromatic carbocycles. The minimum absolute atomic E-state index is 0.265. The molecule has 35 heavy (non-hydrogen) atoms. The molecule has 0 aliphatic rings. The van der Waals surface area contributed by atoms with Crippen molar-refractivity contribution < 1.29 is 22.7 Å². The second-order valence-corrected chi connectivity index (χ2v) is 10.5. The molecule has 192 valence electrons. The molecule has 1 unspecified atom stereocenters. The summed E-state index contributed by atoms with van der Waals surface area (Å²) in [6, 6.07) is 14.0. The van der Waals surface area contributed by atoms with Crippen molar-refractivity contribution in [2.24, 2.45) is 0 Å². The Hall–Kier alpha value is -3.07. The van der Waals surface area contributed by atoms with Crippen LogP contribution in [0.25, 0.3) is 0 Å². The summed E-state index contributed by atoms with van der Waals surface area (Å²) < 4.78 is 31.9. The van der Waals surface area contributed by atoms with Crippen LogP contribution in [0.2, 0.25) is 0 Å². The quantitative estimate of drug-likeness (QED) is 0.424. The summed E-state index contributed by atoms with van der Waals surface area (Å²) >= 11 is 0. The van der Waals surface area contributed by atoms with Gasteiger partial charge in [-0.15, -0.1) is 0 Å². The molecule has 0 heterocycles. The molecule has 0 aromatic heterocycles. The lowest BCUT2D eigenvalue weighted by Gasteiger charge is -2.32. The number of methoxy groups -OCH3 is 1. The highest BCUT2D eigenvalue weighted by atomic mass is 32.2. The number of rotatable bonds is 13. The average molecular weight is 504 g/mol. The fourth-order valence-corrected chi connectivity index (χ4v) is 4.54.